The fraction of sp³-hybridized carbons (Fsp3) is 0.364. The number of hydrogen-bond donors (Lipinski definition) is 2. The van der Waals surface area contributed by atoms with E-state index in [0.29, 0.717) is 13.0 Å². The van der Waals surface area contributed by atoms with Crippen molar-refractivity contribution in [3.8, 4) is 0 Å². The first kappa shape index (κ1) is 22.1. The lowest BCUT2D eigenvalue weighted by molar-refractivity contribution is -0.124. The van der Waals surface area contributed by atoms with E-state index in [0.717, 1.165) is 28.9 Å². The van der Waals surface area contributed by atoms with Crippen LogP contribution >= 0.6 is 7.53 Å². The van der Waals surface area contributed by atoms with Gasteiger partial charge in [0.2, 0.25) is 0 Å². The van der Waals surface area contributed by atoms with E-state index in [2.05, 4.69) is 50.3 Å². The number of aryl methyl sites for hydroxylation is 1. The van der Waals surface area contributed by atoms with Crippen LogP contribution in [0.1, 0.15) is 32.3 Å². The van der Waals surface area contributed by atoms with Gasteiger partial charge in [0.15, 0.2) is 0 Å². The second kappa shape index (κ2) is 11.0. The Labute approximate surface area is 168 Å². The summed E-state index contributed by atoms with van der Waals surface area (Å²) in [4.78, 5) is 11.4. The maximum Gasteiger partial charge on any atom is 0.267 e. The van der Waals surface area contributed by atoms with E-state index in [1.165, 1.54) is 11.6 Å². The summed E-state index contributed by atoms with van der Waals surface area (Å²) < 4.78 is 11.9. The van der Waals surface area contributed by atoms with Gasteiger partial charge in [-0.15, -0.1) is 0 Å². The molecule has 0 fully saturated rings. The van der Waals surface area contributed by atoms with Crippen LogP contribution < -0.4 is 5.48 Å². The summed E-state index contributed by atoms with van der Waals surface area (Å²) in [7, 11) is 1.53. The molecule has 0 aromatic carbocycles. The molecule has 150 valence electrons. The number of carbonyl (C=O) groups is 1. The Balaban J connectivity index is 2.35. The van der Waals surface area contributed by atoms with Crippen LogP contribution in [0.4, 0.5) is 0 Å². The third-order valence-electron chi connectivity index (χ3n) is 4.46. The Morgan fingerprint density at radius 1 is 1.36 bits per heavy atom. The molecule has 1 amide bonds. The maximum atomic E-state index is 11.4. The van der Waals surface area contributed by atoms with Crippen LogP contribution in [0.15, 0.2) is 70.5 Å². The highest BCUT2D eigenvalue weighted by molar-refractivity contribution is 7.46. The van der Waals surface area contributed by atoms with Gasteiger partial charge in [0, 0.05) is 24.3 Å². The van der Waals surface area contributed by atoms with Crippen molar-refractivity contribution < 1.29 is 19.5 Å². The van der Waals surface area contributed by atoms with Gasteiger partial charge in [-0.25, -0.2) is 5.48 Å². The van der Waals surface area contributed by atoms with Gasteiger partial charge in [0.05, 0.1) is 6.10 Å². The number of ether oxygens (including phenoxy) is 2. The van der Waals surface area contributed by atoms with Gasteiger partial charge in [-0.2, -0.15) is 0 Å². The predicted octanol–water partition coefficient (Wildman–Crippen LogP) is 5.03. The number of hydrogen-bond acceptors (Lipinski definition) is 4. The number of carbonyl (C=O) groups excluding carboxylic acids is 1. The van der Waals surface area contributed by atoms with Crippen LogP contribution in [0, 0.1) is 0 Å². The second-order valence-corrected chi connectivity index (χ2v) is 8.86. The monoisotopic (exact) mass is 402 g/mol. The molecule has 2 rings (SSSR count). The molecule has 0 aliphatic heterocycles. The first-order valence-corrected chi connectivity index (χ1v) is 11.2. The van der Waals surface area contributed by atoms with E-state index < -0.39 is 5.91 Å². The van der Waals surface area contributed by atoms with Crippen molar-refractivity contribution >= 4 is 13.4 Å². The van der Waals surface area contributed by atoms with Crippen LogP contribution in [0.25, 0.3) is 0 Å². The van der Waals surface area contributed by atoms with Crippen molar-refractivity contribution in [2.24, 2.45) is 6.66 Å². The molecule has 1 heterocycles. The SMILES string of the molecule is COC1CC=C(/C=C/C(=O)NO)C(OCc2cc[p+](C)cc2)=C1CC=C(C)C. The molecule has 1 aliphatic carbocycles. The number of hydroxylamine groups is 1. The highest BCUT2D eigenvalue weighted by Crippen LogP contribution is 2.33. The minimum atomic E-state index is -0.580. The minimum absolute atomic E-state index is 0.0691. The first-order valence-electron chi connectivity index (χ1n) is 9.23. The first-order chi connectivity index (χ1) is 13.4. The summed E-state index contributed by atoms with van der Waals surface area (Å²) in [6.45, 7) is 6.76. The van der Waals surface area contributed by atoms with E-state index >= 15 is 0 Å². The zero-order valence-electron chi connectivity index (χ0n) is 16.9. The number of allylic oxidation sites excluding steroid dienone is 3. The molecule has 1 aliphatic rings. The van der Waals surface area contributed by atoms with E-state index in [9.17, 15) is 4.79 Å². The van der Waals surface area contributed by atoms with Crippen molar-refractivity contribution in [2.45, 2.75) is 39.4 Å². The molecular weight excluding hydrogens is 373 g/mol. The van der Waals surface area contributed by atoms with Crippen molar-refractivity contribution in [3.63, 3.8) is 0 Å². The molecular formula is C22H29NO4P+. The smallest absolute Gasteiger partial charge is 0.267 e. The Bertz CT molecular complexity index is 802. The van der Waals surface area contributed by atoms with Crippen molar-refractivity contribution in [1.29, 1.82) is 0 Å². The highest BCUT2D eigenvalue weighted by atomic mass is 31.1. The van der Waals surface area contributed by atoms with Crippen LogP contribution in [0.3, 0.4) is 0 Å². The lowest BCUT2D eigenvalue weighted by Gasteiger charge is -2.27. The zero-order chi connectivity index (χ0) is 20.5. The van der Waals surface area contributed by atoms with Crippen molar-refractivity contribution in [3.05, 3.63) is 76.1 Å². The van der Waals surface area contributed by atoms with Crippen LogP contribution in [0.5, 0.6) is 0 Å². The summed E-state index contributed by atoms with van der Waals surface area (Å²) in [5.74, 6) is 4.56. The Morgan fingerprint density at radius 2 is 2.07 bits per heavy atom. The fourth-order valence-corrected chi connectivity index (χ4v) is 3.84. The molecule has 2 N–H and O–H groups in total. The molecule has 0 saturated heterocycles. The lowest BCUT2D eigenvalue weighted by Crippen LogP contribution is -2.21. The van der Waals surface area contributed by atoms with Gasteiger partial charge >= 0.3 is 0 Å². The average Bonchev–Trinajstić information content (AvgIpc) is 2.69. The lowest BCUT2D eigenvalue weighted by atomic mass is 9.91. The maximum absolute atomic E-state index is 11.4. The highest BCUT2D eigenvalue weighted by Gasteiger charge is 2.24. The predicted molar refractivity (Wildman–Crippen MR) is 113 cm³/mol. The Kier molecular flexibility index (Phi) is 8.65. The Morgan fingerprint density at radius 3 is 2.68 bits per heavy atom. The van der Waals surface area contributed by atoms with Gasteiger partial charge in [-0.1, -0.05) is 17.7 Å². The van der Waals surface area contributed by atoms with Crippen LogP contribution in [-0.2, 0) is 27.5 Å². The topological polar surface area (TPSA) is 67.8 Å². The van der Waals surface area contributed by atoms with E-state index in [-0.39, 0.29) is 13.6 Å². The summed E-state index contributed by atoms with van der Waals surface area (Å²) in [6, 6.07) is 4.22. The minimum Gasteiger partial charge on any atom is -0.488 e. The molecule has 6 heteroatoms. The fourth-order valence-electron chi connectivity index (χ4n) is 2.88. The molecule has 0 radical (unpaired) electrons. The van der Waals surface area contributed by atoms with Gasteiger partial charge in [0.1, 0.15) is 38.2 Å². The largest absolute Gasteiger partial charge is 0.488 e. The molecule has 0 bridgehead atoms. The van der Waals surface area contributed by atoms with Gasteiger partial charge in [-0.3, -0.25) is 10.0 Å². The summed E-state index contributed by atoms with van der Waals surface area (Å²) in [6.07, 6.45) is 8.45. The number of amides is 1. The average molecular weight is 402 g/mol. The van der Waals surface area contributed by atoms with E-state index in [4.69, 9.17) is 14.7 Å². The standard InChI is InChI=1S/C22H28NO4P/c1-16(2)5-8-19-20(26-3)9-6-18(7-10-21(24)23-25)22(19)27-15-17-11-13-28(4)14-12-17/h5-7,10-14,20H,8-9,15H2,1-4H3,(H-,23,24,25)/p+1/b10-7+. The normalized spacial score (nSPS) is 16.8. The number of methoxy groups -OCH3 is 1. The summed E-state index contributed by atoms with van der Waals surface area (Å²) >= 11 is 0. The summed E-state index contributed by atoms with van der Waals surface area (Å²) in [5.41, 5.74) is 5.80. The second-order valence-electron chi connectivity index (χ2n) is 6.93. The third kappa shape index (κ3) is 6.45. The van der Waals surface area contributed by atoms with Crippen LogP contribution in [0.2, 0.25) is 0 Å². The zero-order valence-corrected chi connectivity index (χ0v) is 17.8. The molecule has 1 unspecified atom stereocenters. The molecule has 28 heavy (non-hydrogen) atoms. The van der Waals surface area contributed by atoms with Crippen molar-refractivity contribution in [2.75, 3.05) is 7.11 Å². The summed E-state index contributed by atoms with van der Waals surface area (Å²) in [5, 5.41) is 8.74. The molecule has 1 atom stereocenters. The van der Waals surface area contributed by atoms with Crippen molar-refractivity contribution in [1.82, 2.24) is 5.48 Å². The van der Waals surface area contributed by atoms with Gasteiger partial charge < -0.3 is 9.47 Å². The van der Waals surface area contributed by atoms with Crippen LogP contribution in [-0.4, -0.2) is 24.3 Å². The number of nitrogens with one attached hydrogen (secondary N) is 1. The third-order valence-corrected chi connectivity index (χ3v) is 5.70. The molecule has 1 aromatic rings. The molecule has 1 aromatic heterocycles. The quantitative estimate of drug-likeness (QED) is 0.277. The van der Waals surface area contributed by atoms with E-state index in [1.807, 2.05) is 6.08 Å². The molecule has 0 saturated carbocycles. The Hall–Kier alpha value is -2.20. The molecule has 5 nitrogen and oxygen atoms in total. The molecule has 0 spiro atoms. The van der Waals surface area contributed by atoms with Gasteiger partial charge in [0.25, 0.3) is 5.91 Å². The number of rotatable bonds is 8. The van der Waals surface area contributed by atoms with Gasteiger partial charge in [-0.05, 0) is 50.5 Å². The van der Waals surface area contributed by atoms with E-state index in [1.54, 1.807) is 18.7 Å².